The molecular weight excluding hydrogens is 284 g/mol. The van der Waals surface area contributed by atoms with Crippen LogP contribution in [0.5, 0.6) is 0 Å². The number of benzene rings is 1. The normalized spacial score (nSPS) is 26.3. The molecule has 0 radical (unpaired) electrons. The molecule has 1 aromatic heterocycles. The Balaban J connectivity index is 1.39. The minimum Gasteiger partial charge on any atom is -0.367 e. The van der Waals surface area contributed by atoms with E-state index >= 15 is 0 Å². The van der Waals surface area contributed by atoms with E-state index in [0.717, 1.165) is 22.8 Å². The van der Waals surface area contributed by atoms with Gasteiger partial charge < -0.3 is 10.2 Å². The second-order valence-electron chi connectivity index (χ2n) is 6.99. The van der Waals surface area contributed by atoms with Crippen molar-refractivity contribution < 1.29 is 0 Å². The maximum absolute atomic E-state index is 4.48. The number of anilines is 1. The van der Waals surface area contributed by atoms with Gasteiger partial charge in [0.05, 0.1) is 5.52 Å². The first-order valence-electron chi connectivity index (χ1n) is 9.10. The molecule has 23 heavy (non-hydrogen) atoms. The van der Waals surface area contributed by atoms with Crippen molar-refractivity contribution in [3.05, 3.63) is 30.6 Å². The molecule has 2 aromatic rings. The fraction of sp³-hybridized carbons (Fsp3) is 0.579. The number of fused-ring (bicyclic) bond motifs is 1. The summed E-state index contributed by atoms with van der Waals surface area (Å²) in [4.78, 5) is 11.6. The lowest BCUT2D eigenvalue weighted by Crippen LogP contribution is -2.43. The molecule has 0 bridgehead atoms. The molecule has 4 rings (SSSR count). The van der Waals surface area contributed by atoms with E-state index < -0.39 is 0 Å². The first-order chi connectivity index (χ1) is 11.4. The third kappa shape index (κ3) is 3.32. The molecule has 2 heterocycles. The highest BCUT2D eigenvalue weighted by Crippen LogP contribution is 2.28. The largest absolute Gasteiger partial charge is 0.367 e. The number of piperidine rings is 1. The number of nitrogens with one attached hydrogen (secondary N) is 1. The number of para-hydroxylation sites is 1. The number of likely N-dealkylation sites (tertiary alicyclic amines) is 1. The molecular formula is C19H26N4. The van der Waals surface area contributed by atoms with Crippen LogP contribution in [0, 0.1) is 0 Å². The Morgan fingerprint density at radius 3 is 2.52 bits per heavy atom. The van der Waals surface area contributed by atoms with E-state index in [1.807, 2.05) is 6.07 Å². The van der Waals surface area contributed by atoms with Gasteiger partial charge in [0.1, 0.15) is 12.1 Å². The highest BCUT2D eigenvalue weighted by atomic mass is 15.2. The lowest BCUT2D eigenvalue weighted by Gasteiger charge is -2.39. The summed E-state index contributed by atoms with van der Waals surface area (Å²) in [5, 5.41) is 4.81. The van der Waals surface area contributed by atoms with Gasteiger partial charge in [0.25, 0.3) is 0 Å². The molecule has 122 valence electrons. The summed E-state index contributed by atoms with van der Waals surface area (Å²) >= 11 is 0. The average molecular weight is 310 g/mol. The highest BCUT2D eigenvalue weighted by Gasteiger charge is 2.26. The number of hydrogen-bond acceptors (Lipinski definition) is 4. The van der Waals surface area contributed by atoms with Gasteiger partial charge in [0, 0.05) is 17.5 Å². The second-order valence-corrected chi connectivity index (χ2v) is 6.99. The molecule has 0 amide bonds. The number of rotatable bonds is 3. The Bertz CT molecular complexity index is 637. The van der Waals surface area contributed by atoms with E-state index in [4.69, 9.17) is 0 Å². The second kappa shape index (κ2) is 6.83. The summed E-state index contributed by atoms with van der Waals surface area (Å²) < 4.78 is 0. The minimum absolute atomic E-state index is 0.550. The third-order valence-electron chi connectivity index (χ3n) is 5.49. The lowest BCUT2D eigenvalue weighted by atomic mass is 9.89. The van der Waals surface area contributed by atoms with Gasteiger partial charge in [-0.25, -0.2) is 9.97 Å². The standard InChI is InChI=1S/C19H26N4/c1-4-12-23(13-5-1)16-10-8-15(9-11-16)22-19-17-6-2-3-7-18(17)20-14-21-19/h2-3,6-7,14-16H,1,4-5,8-13H2,(H,20,21,22). The van der Waals surface area contributed by atoms with Crippen LogP contribution in [0.4, 0.5) is 5.82 Å². The molecule has 1 saturated heterocycles. The highest BCUT2D eigenvalue weighted by molar-refractivity contribution is 5.88. The zero-order chi connectivity index (χ0) is 15.5. The van der Waals surface area contributed by atoms with E-state index in [1.54, 1.807) is 6.33 Å². The predicted octanol–water partition coefficient (Wildman–Crippen LogP) is 3.84. The van der Waals surface area contributed by atoms with Crippen molar-refractivity contribution in [1.29, 1.82) is 0 Å². The van der Waals surface area contributed by atoms with Crippen molar-refractivity contribution in [2.24, 2.45) is 0 Å². The van der Waals surface area contributed by atoms with Gasteiger partial charge in [0.15, 0.2) is 0 Å². The van der Waals surface area contributed by atoms with Crippen LogP contribution in [0.3, 0.4) is 0 Å². The Labute approximate surface area is 138 Å². The van der Waals surface area contributed by atoms with Crippen LogP contribution in [-0.2, 0) is 0 Å². The number of aromatic nitrogens is 2. The Hall–Kier alpha value is -1.68. The molecule has 2 aliphatic rings. The van der Waals surface area contributed by atoms with Gasteiger partial charge in [-0.3, -0.25) is 0 Å². The fourth-order valence-corrected chi connectivity index (χ4v) is 4.18. The molecule has 1 aliphatic carbocycles. The van der Waals surface area contributed by atoms with Crippen molar-refractivity contribution in [2.45, 2.75) is 57.0 Å². The Morgan fingerprint density at radius 1 is 0.913 bits per heavy atom. The van der Waals surface area contributed by atoms with Crippen LogP contribution in [-0.4, -0.2) is 40.0 Å². The molecule has 0 spiro atoms. The maximum Gasteiger partial charge on any atom is 0.137 e. The maximum atomic E-state index is 4.48. The summed E-state index contributed by atoms with van der Waals surface area (Å²) in [6.07, 6.45) is 11.0. The summed E-state index contributed by atoms with van der Waals surface area (Å²) in [7, 11) is 0. The average Bonchev–Trinajstić information content (AvgIpc) is 2.63. The summed E-state index contributed by atoms with van der Waals surface area (Å²) in [6.45, 7) is 2.64. The Morgan fingerprint density at radius 2 is 1.70 bits per heavy atom. The molecule has 0 unspecified atom stereocenters. The van der Waals surface area contributed by atoms with Crippen LogP contribution in [0.15, 0.2) is 30.6 Å². The molecule has 4 nitrogen and oxygen atoms in total. The van der Waals surface area contributed by atoms with Crippen molar-refractivity contribution >= 4 is 16.7 Å². The van der Waals surface area contributed by atoms with E-state index in [1.165, 1.54) is 58.0 Å². The van der Waals surface area contributed by atoms with Crippen LogP contribution >= 0.6 is 0 Å². The molecule has 1 saturated carbocycles. The van der Waals surface area contributed by atoms with Crippen LogP contribution in [0.2, 0.25) is 0 Å². The predicted molar refractivity (Wildman–Crippen MR) is 94.6 cm³/mol. The third-order valence-corrected chi connectivity index (χ3v) is 5.49. The number of nitrogens with zero attached hydrogens (tertiary/aromatic N) is 3. The van der Waals surface area contributed by atoms with Crippen molar-refractivity contribution in [1.82, 2.24) is 14.9 Å². The quantitative estimate of drug-likeness (QED) is 0.935. The van der Waals surface area contributed by atoms with E-state index in [0.29, 0.717) is 6.04 Å². The molecule has 4 heteroatoms. The van der Waals surface area contributed by atoms with E-state index in [-0.39, 0.29) is 0 Å². The summed E-state index contributed by atoms with van der Waals surface area (Å²) in [6, 6.07) is 9.62. The molecule has 2 fully saturated rings. The van der Waals surface area contributed by atoms with E-state index in [9.17, 15) is 0 Å². The minimum atomic E-state index is 0.550. The molecule has 1 aliphatic heterocycles. The zero-order valence-electron chi connectivity index (χ0n) is 13.7. The van der Waals surface area contributed by atoms with Gasteiger partial charge in [-0.05, 0) is 63.7 Å². The van der Waals surface area contributed by atoms with Crippen LogP contribution < -0.4 is 5.32 Å². The monoisotopic (exact) mass is 310 g/mol. The van der Waals surface area contributed by atoms with Gasteiger partial charge in [-0.2, -0.15) is 0 Å². The van der Waals surface area contributed by atoms with E-state index in [2.05, 4.69) is 38.4 Å². The van der Waals surface area contributed by atoms with Crippen molar-refractivity contribution in [3.63, 3.8) is 0 Å². The summed E-state index contributed by atoms with van der Waals surface area (Å²) in [5.41, 5.74) is 1.02. The molecule has 1 aromatic carbocycles. The van der Waals surface area contributed by atoms with Gasteiger partial charge in [-0.15, -0.1) is 0 Å². The van der Waals surface area contributed by atoms with Crippen molar-refractivity contribution in [2.75, 3.05) is 18.4 Å². The Kier molecular flexibility index (Phi) is 4.42. The number of hydrogen-bond donors (Lipinski definition) is 1. The smallest absolute Gasteiger partial charge is 0.137 e. The van der Waals surface area contributed by atoms with Gasteiger partial charge in [0.2, 0.25) is 0 Å². The summed E-state index contributed by atoms with van der Waals surface area (Å²) in [5.74, 6) is 0.997. The SMILES string of the molecule is c1ccc2c(NC3CCC(N4CCCCC4)CC3)ncnc2c1. The molecule has 0 atom stereocenters. The van der Waals surface area contributed by atoms with Crippen LogP contribution in [0.1, 0.15) is 44.9 Å². The van der Waals surface area contributed by atoms with Crippen LogP contribution in [0.25, 0.3) is 10.9 Å². The fourth-order valence-electron chi connectivity index (χ4n) is 4.18. The first-order valence-corrected chi connectivity index (χ1v) is 9.10. The molecule has 1 N–H and O–H groups in total. The topological polar surface area (TPSA) is 41.0 Å². The van der Waals surface area contributed by atoms with Crippen molar-refractivity contribution in [3.8, 4) is 0 Å². The van der Waals surface area contributed by atoms with Gasteiger partial charge in [-0.1, -0.05) is 18.6 Å². The zero-order valence-corrected chi connectivity index (χ0v) is 13.7. The lowest BCUT2D eigenvalue weighted by molar-refractivity contribution is 0.127. The van der Waals surface area contributed by atoms with Gasteiger partial charge >= 0.3 is 0 Å². The first kappa shape index (κ1) is 14.9.